The van der Waals surface area contributed by atoms with E-state index in [4.69, 9.17) is 17.3 Å². The summed E-state index contributed by atoms with van der Waals surface area (Å²) in [7, 11) is 0. The van der Waals surface area contributed by atoms with Crippen molar-refractivity contribution in [2.24, 2.45) is 5.73 Å². The lowest BCUT2D eigenvalue weighted by Crippen LogP contribution is -2.05. The summed E-state index contributed by atoms with van der Waals surface area (Å²) in [6, 6.07) is 5.74. The van der Waals surface area contributed by atoms with Crippen molar-refractivity contribution in [3.8, 4) is 0 Å². The normalized spacial score (nSPS) is 13.1. The number of benzene rings is 1. The lowest BCUT2D eigenvalue weighted by atomic mass is 10.1. The predicted molar refractivity (Wildman–Crippen MR) is 51.8 cm³/mol. The van der Waals surface area contributed by atoms with E-state index in [1.165, 1.54) is 0 Å². The van der Waals surface area contributed by atoms with Crippen LogP contribution in [0.15, 0.2) is 22.7 Å². The van der Waals surface area contributed by atoms with Gasteiger partial charge in [0.2, 0.25) is 0 Å². The highest BCUT2D eigenvalue weighted by Gasteiger charge is 2.06. The quantitative estimate of drug-likeness (QED) is 0.794. The van der Waals surface area contributed by atoms with Gasteiger partial charge in [0.1, 0.15) is 0 Å². The zero-order valence-corrected chi connectivity index (χ0v) is 8.48. The van der Waals surface area contributed by atoms with E-state index in [2.05, 4.69) is 15.9 Å². The molecule has 0 bridgehead atoms. The molecule has 0 unspecified atom stereocenters. The average molecular weight is 235 g/mol. The molecule has 1 aromatic carbocycles. The van der Waals surface area contributed by atoms with Crippen molar-refractivity contribution in [2.45, 2.75) is 13.0 Å². The second-order valence-electron chi connectivity index (χ2n) is 2.43. The molecule has 1 nitrogen and oxygen atoms in total. The molecular formula is C8H9BrClN. The molecule has 60 valence electrons. The first kappa shape index (κ1) is 9.04. The molecular weight excluding hydrogens is 225 g/mol. The molecule has 0 saturated carbocycles. The Morgan fingerprint density at radius 1 is 1.55 bits per heavy atom. The third kappa shape index (κ3) is 1.95. The Kier molecular flexibility index (Phi) is 2.93. The third-order valence-electron chi connectivity index (χ3n) is 1.47. The fraction of sp³-hybridized carbons (Fsp3) is 0.250. The van der Waals surface area contributed by atoms with Crippen LogP contribution in [0.5, 0.6) is 0 Å². The van der Waals surface area contributed by atoms with Gasteiger partial charge in [-0.3, -0.25) is 0 Å². The zero-order chi connectivity index (χ0) is 8.43. The molecule has 0 amide bonds. The van der Waals surface area contributed by atoms with E-state index in [1.807, 2.05) is 25.1 Å². The van der Waals surface area contributed by atoms with E-state index in [9.17, 15) is 0 Å². The number of hydrogen-bond donors (Lipinski definition) is 1. The molecule has 3 heteroatoms. The van der Waals surface area contributed by atoms with E-state index in [0.717, 1.165) is 10.0 Å². The highest BCUT2D eigenvalue weighted by atomic mass is 79.9. The summed E-state index contributed by atoms with van der Waals surface area (Å²) < 4.78 is 0.897. The highest BCUT2D eigenvalue weighted by molar-refractivity contribution is 9.10. The van der Waals surface area contributed by atoms with Gasteiger partial charge < -0.3 is 5.73 Å². The van der Waals surface area contributed by atoms with Crippen LogP contribution in [0.2, 0.25) is 5.02 Å². The van der Waals surface area contributed by atoms with Crippen molar-refractivity contribution in [2.75, 3.05) is 0 Å². The predicted octanol–water partition coefficient (Wildman–Crippen LogP) is 3.12. The van der Waals surface area contributed by atoms with Crippen molar-refractivity contribution < 1.29 is 0 Å². The Hall–Kier alpha value is -0.0500. The van der Waals surface area contributed by atoms with Crippen LogP contribution < -0.4 is 5.73 Å². The first-order valence-electron chi connectivity index (χ1n) is 3.32. The van der Waals surface area contributed by atoms with E-state index >= 15 is 0 Å². The third-order valence-corrected chi connectivity index (χ3v) is 2.78. The Balaban J connectivity index is 3.17. The van der Waals surface area contributed by atoms with Crippen LogP contribution in [-0.4, -0.2) is 0 Å². The smallest absolute Gasteiger partial charge is 0.0595 e. The molecule has 0 saturated heterocycles. The maximum Gasteiger partial charge on any atom is 0.0595 e. The van der Waals surface area contributed by atoms with Crippen molar-refractivity contribution in [1.82, 2.24) is 0 Å². The van der Waals surface area contributed by atoms with Crippen molar-refractivity contribution >= 4 is 27.5 Å². The van der Waals surface area contributed by atoms with Gasteiger partial charge in [0.25, 0.3) is 0 Å². The Bertz CT molecular complexity index is 260. The molecule has 0 aliphatic rings. The molecule has 0 aliphatic heterocycles. The molecule has 1 rings (SSSR count). The first-order valence-corrected chi connectivity index (χ1v) is 4.49. The zero-order valence-electron chi connectivity index (χ0n) is 6.14. The molecule has 0 aliphatic carbocycles. The summed E-state index contributed by atoms with van der Waals surface area (Å²) in [6.07, 6.45) is 0. The topological polar surface area (TPSA) is 26.0 Å². The Morgan fingerprint density at radius 3 is 2.64 bits per heavy atom. The van der Waals surface area contributed by atoms with Gasteiger partial charge in [0.05, 0.1) is 5.02 Å². The summed E-state index contributed by atoms with van der Waals surface area (Å²) in [4.78, 5) is 0. The van der Waals surface area contributed by atoms with Gasteiger partial charge >= 0.3 is 0 Å². The summed E-state index contributed by atoms with van der Waals surface area (Å²) in [5.74, 6) is 0. The Labute approximate surface area is 79.7 Å². The van der Waals surface area contributed by atoms with Gasteiger partial charge in [-0.15, -0.1) is 0 Å². The van der Waals surface area contributed by atoms with Crippen LogP contribution in [0.1, 0.15) is 18.5 Å². The van der Waals surface area contributed by atoms with E-state index in [-0.39, 0.29) is 6.04 Å². The average Bonchev–Trinajstić information content (AvgIpc) is 1.94. The fourth-order valence-corrected chi connectivity index (χ4v) is 1.55. The number of hydrogen-bond acceptors (Lipinski definition) is 1. The van der Waals surface area contributed by atoms with E-state index in [0.29, 0.717) is 5.02 Å². The number of rotatable bonds is 1. The summed E-state index contributed by atoms with van der Waals surface area (Å²) in [6.45, 7) is 1.91. The SMILES string of the molecule is C[C@H](N)c1cccc(Br)c1Cl. The monoisotopic (exact) mass is 233 g/mol. The van der Waals surface area contributed by atoms with Gasteiger partial charge in [-0.2, -0.15) is 0 Å². The molecule has 0 spiro atoms. The van der Waals surface area contributed by atoms with E-state index in [1.54, 1.807) is 0 Å². The van der Waals surface area contributed by atoms with E-state index < -0.39 is 0 Å². The van der Waals surface area contributed by atoms with Crippen molar-refractivity contribution in [1.29, 1.82) is 0 Å². The van der Waals surface area contributed by atoms with Crippen LogP contribution in [0.4, 0.5) is 0 Å². The molecule has 0 fully saturated rings. The van der Waals surface area contributed by atoms with Crippen molar-refractivity contribution in [3.05, 3.63) is 33.3 Å². The largest absolute Gasteiger partial charge is 0.324 e. The highest BCUT2D eigenvalue weighted by Crippen LogP contribution is 2.28. The molecule has 1 atom stereocenters. The second-order valence-corrected chi connectivity index (χ2v) is 3.66. The van der Waals surface area contributed by atoms with Crippen LogP contribution in [-0.2, 0) is 0 Å². The van der Waals surface area contributed by atoms with Crippen LogP contribution in [0, 0.1) is 0 Å². The van der Waals surface area contributed by atoms with Gasteiger partial charge in [0.15, 0.2) is 0 Å². The maximum atomic E-state index is 5.96. The van der Waals surface area contributed by atoms with Crippen LogP contribution in [0.3, 0.4) is 0 Å². The Morgan fingerprint density at radius 2 is 2.18 bits per heavy atom. The lowest BCUT2D eigenvalue weighted by molar-refractivity contribution is 0.818. The maximum absolute atomic E-state index is 5.96. The molecule has 11 heavy (non-hydrogen) atoms. The summed E-state index contributed by atoms with van der Waals surface area (Å²) in [5.41, 5.74) is 6.65. The number of halogens is 2. The van der Waals surface area contributed by atoms with Gasteiger partial charge in [-0.1, -0.05) is 23.7 Å². The van der Waals surface area contributed by atoms with Crippen LogP contribution in [0.25, 0.3) is 0 Å². The molecule has 1 aromatic rings. The minimum absolute atomic E-state index is 0.0139. The van der Waals surface area contributed by atoms with Gasteiger partial charge in [0, 0.05) is 10.5 Å². The number of nitrogens with two attached hydrogens (primary N) is 1. The van der Waals surface area contributed by atoms with Crippen molar-refractivity contribution in [3.63, 3.8) is 0 Å². The second kappa shape index (κ2) is 3.57. The summed E-state index contributed by atoms with van der Waals surface area (Å²) >= 11 is 9.29. The summed E-state index contributed by atoms with van der Waals surface area (Å²) in [5, 5.41) is 0.711. The molecule has 2 N–H and O–H groups in total. The first-order chi connectivity index (χ1) is 5.13. The van der Waals surface area contributed by atoms with Gasteiger partial charge in [-0.05, 0) is 34.5 Å². The molecule has 0 aromatic heterocycles. The lowest BCUT2D eigenvalue weighted by Gasteiger charge is -2.08. The fourth-order valence-electron chi connectivity index (χ4n) is 0.872. The van der Waals surface area contributed by atoms with Gasteiger partial charge in [-0.25, -0.2) is 0 Å². The van der Waals surface area contributed by atoms with Crippen LogP contribution >= 0.6 is 27.5 Å². The minimum atomic E-state index is -0.0139. The standard InChI is InChI=1S/C8H9BrClN/c1-5(11)6-3-2-4-7(9)8(6)10/h2-5H,11H2,1H3/t5-/m0/s1. The molecule has 0 radical (unpaired) electrons. The molecule has 0 heterocycles. The minimum Gasteiger partial charge on any atom is -0.324 e.